The second-order valence-corrected chi connectivity index (χ2v) is 7.98. The van der Waals surface area contributed by atoms with E-state index in [1.54, 1.807) is 0 Å². The van der Waals surface area contributed by atoms with Crippen LogP contribution in [0.1, 0.15) is 48.9 Å². The summed E-state index contributed by atoms with van der Waals surface area (Å²) >= 11 is 0. The van der Waals surface area contributed by atoms with E-state index in [2.05, 4.69) is 16.3 Å². The molecule has 27 heavy (non-hydrogen) atoms. The summed E-state index contributed by atoms with van der Waals surface area (Å²) < 4.78 is 5.95. The standard InChI is InChI=1S/C23H30N2O2/c26-23(24-17-18-5-6-18)21-8-7-20-16-22(10-9-19(20)15-21)27-14-4-13-25-11-2-1-3-12-25/h7-10,15-16,18H,1-6,11-14,17H2,(H,24,26). The third kappa shape index (κ3) is 5.23. The fourth-order valence-corrected chi connectivity index (χ4v) is 3.78. The van der Waals surface area contributed by atoms with Gasteiger partial charge in [-0.15, -0.1) is 0 Å². The number of amides is 1. The van der Waals surface area contributed by atoms with Gasteiger partial charge in [-0.05, 0) is 86.1 Å². The smallest absolute Gasteiger partial charge is 0.251 e. The van der Waals surface area contributed by atoms with Gasteiger partial charge in [0.05, 0.1) is 6.61 Å². The molecule has 0 aromatic heterocycles. The van der Waals surface area contributed by atoms with Crippen molar-refractivity contribution >= 4 is 16.7 Å². The number of likely N-dealkylation sites (tertiary alicyclic amines) is 1. The van der Waals surface area contributed by atoms with Gasteiger partial charge in [0.1, 0.15) is 5.75 Å². The first-order chi connectivity index (χ1) is 13.3. The van der Waals surface area contributed by atoms with Crippen molar-refractivity contribution in [2.24, 2.45) is 5.92 Å². The molecule has 1 aliphatic heterocycles. The molecule has 2 aromatic rings. The van der Waals surface area contributed by atoms with Gasteiger partial charge in [-0.1, -0.05) is 18.6 Å². The number of nitrogens with one attached hydrogen (secondary N) is 1. The Balaban J connectivity index is 1.29. The lowest BCUT2D eigenvalue weighted by Gasteiger charge is -2.26. The van der Waals surface area contributed by atoms with Gasteiger partial charge in [-0.25, -0.2) is 0 Å². The molecule has 0 radical (unpaired) electrons. The predicted octanol–water partition coefficient (Wildman–Crippen LogP) is 4.23. The van der Waals surface area contributed by atoms with Crippen molar-refractivity contribution in [3.63, 3.8) is 0 Å². The average molecular weight is 367 g/mol. The van der Waals surface area contributed by atoms with E-state index in [0.29, 0.717) is 5.92 Å². The van der Waals surface area contributed by atoms with Gasteiger partial charge in [0, 0.05) is 18.7 Å². The number of rotatable bonds is 8. The maximum absolute atomic E-state index is 12.3. The van der Waals surface area contributed by atoms with E-state index in [1.165, 1.54) is 45.2 Å². The molecule has 1 heterocycles. The van der Waals surface area contributed by atoms with Crippen molar-refractivity contribution in [2.45, 2.75) is 38.5 Å². The maximum Gasteiger partial charge on any atom is 0.251 e. The molecule has 4 rings (SSSR count). The molecule has 4 heteroatoms. The molecule has 1 aliphatic carbocycles. The molecule has 4 nitrogen and oxygen atoms in total. The lowest BCUT2D eigenvalue weighted by Crippen LogP contribution is -2.31. The minimum atomic E-state index is 0.0295. The van der Waals surface area contributed by atoms with Crippen LogP contribution in [0.4, 0.5) is 0 Å². The molecule has 1 amide bonds. The van der Waals surface area contributed by atoms with Crippen molar-refractivity contribution in [1.29, 1.82) is 0 Å². The Morgan fingerprint density at radius 3 is 2.63 bits per heavy atom. The molecule has 1 saturated heterocycles. The Morgan fingerprint density at radius 1 is 1.04 bits per heavy atom. The van der Waals surface area contributed by atoms with Crippen molar-refractivity contribution in [3.8, 4) is 5.75 Å². The number of ether oxygens (including phenoxy) is 1. The summed E-state index contributed by atoms with van der Waals surface area (Å²) in [6, 6.07) is 12.0. The average Bonchev–Trinajstić information content (AvgIpc) is 3.54. The minimum absolute atomic E-state index is 0.0295. The Morgan fingerprint density at radius 2 is 1.81 bits per heavy atom. The van der Waals surface area contributed by atoms with Gasteiger partial charge >= 0.3 is 0 Å². The van der Waals surface area contributed by atoms with Crippen LogP contribution in [0.25, 0.3) is 10.8 Å². The molecule has 2 fully saturated rings. The third-order valence-electron chi connectivity index (χ3n) is 5.66. The van der Waals surface area contributed by atoms with Crippen LogP contribution >= 0.6 is 0 Å². The van der Waals surface area contributed by atoms with Gasteiger partial charge in [0.2, 0.25) is 0 Å². The largest absolute Gasteiger partial charge is 0.494 e. The van der Waals surface area contributed by atoms with Crippen LogP contribution in [0.15, 0.2) is 36.4 Å². The SMILES string of the molecule is O=C(NCC1CC1)c1ccc2cc(OCCCN3CCCCC3)ccc2c1. The van der Waals surface area contributed by atoms with Gasteiger partial charge in [0.15, 0.2) is 0 Å². The molecular weight excluding hydrogens is 336 g/mol. The summed E-state index contributed by atoms with van der Waals surface area (Å²) in [5.41, 5.74) is 0.735. The molecule has 144 valence electrons. The molecule has 0 bridgehead atoms. The summed E-state index contributed by atoms with van der Waals surface area (Å²) in [6.07, 6.45) is 7.63. The lowest BCUT2D eigenvalue weighted by atomic mass is 10.1. The van der Waals surface area contributed by atoms with Crippen LogP contribution in [0.3, 0.4) is 0 Å². The number of hydrogen-bond donors (Lipinski definition) is 1. The van der Waals surface area contributed by atoms with Gasteiger partial charge in [-0.2, -0.15) is 0 Å². The van der Waals surface area contributed by atoms with Crippen LogP contribution in [-0.4, -0.2) is 43.6 Å². The van der Waals surface area contributed by atoms with Gasteiger partial charge in [-0.3, -0.25) is 4.79 Å². The predicted molar refractivity (Wildman–Crippen MR) is 109 cm³/mol. The molecule has 0 spiro atoms. The first-order valence-electron chi connectivity index (χ1n) is 10.4. The summed E-state index contributed by atoms with van der Waals surface area (Å²) in [5.74, 6) is 1.64. The lowest BCUT2D eigenvalue weighted by molar-refractivity contribution is 0.0952. The minimum Gasteiger partial charge on any atom is -0.494 e. The van der Waals surface area contributed by atoms with Gasteiger partial charge < -0.3 is 15.0 Å². The second-order valence-electron chi connectivity index (χ2n) is 7.98. The molecule has 0 unspecified atom stereocenters. The molecule has 2 aromatic carbocycles. The van der Waals surface area contributed by atoms with Crippen molar-refractivity contribution in [3.05, 3.63) is 42.0 Å². The number of fused-ring (bicyclic) bond motifs is 1. The Labute approximate surface area is 161 Å². The number of benzene rings is 2. The van der Waals surface area contributed by atoms with E-state index in [0.717, 1.165) is 48.2 Å². The highest BCUT2D eigenvalue weighted by atomic mass is 16.5. The van der Waals surface area contributed by atoms with Crippen molar-refractivity contribution in [1.82, 2.24) is 10.2 Å². The quantitative estimate of drug-likeness (QED) is 0.711. The maximum atomic E-state index is 12.3. The van der Waals surface area contributed by atoms with Gasteiger partial charge in [0.25, 0.3) is 5.91 Å². The summed E-state index contributed by atoms with van der Waals surface area (Å²) in [6.45, 7) is 5.18. The zero-order valence-corrected chi connectivity index (χ0v) is 16.1. The monoisotopic (exact) mass is 366 g/mol. The highest BCUT2D eigenvalue weighted by molar-refractivity contribution is 5.98. The molecule has 2 aliphatic rings. The number of carbonyl (C=O) groups excluding carboxylic acids is 1. The Kier molecular flexibility index (Phi) is 5.93. The first-order valence-corrected chi connectivity index (χ1v) is 10.4. The van der Waals surface area contributed by atoms with Crippen LogP contribution in [0, 0.1) is 5.92 Å². The number of nitrogens with zero attached hydrogens (tertiary/aromatic N) is 1. The highest BCUT2D eigenvalue weighted by Crippen LogP contribution is 2.28. The van der Waals surface area contributed by atoms with Crippen molar-refractivity contribution in [2.75, 3.05) is 32.8 Å². The molecule has 0 atom stereocenters. The van der Waals surface area contributed by atoms with E-state index >= 15 is 0 Å². The number of piperidine rings is 1. The van der Waals surface area contributed by atoms with E-state index in [-0.39, 0.29) is 5.91 Å². The van der Waals surface area contributed by atoms with Crippen LogP contribution in [0.2, 0.25) is 0 Å². The Hall–Kier alpha value is -2.07. The zero-order chi connectivity index (χ0) is 18.5. The van der Waals surface area contributed by atoms with Crippen LogP contribution < -0.4 is 10.1 Å². The molecular formula is C23H30N2O2. The van der Waals surface area contributed by atoms with E-state index in [4.69, 9.17) is 4.74 Å². The Bertz CT molecular complexity index is 779. The molecule has 1 N–H and O–H groups in total. The number of hydrogen-bond acceptors (Lipinski definition) is 3. The van der Waals surface area contributed by atoms with E-state index < -0.39 is 0 Å². The summed E-state index contributed by atoms with van der Waals surface area (Å²) in [5, 5.41) is 5.22. The summed E-state index contributed by atoms with van der Waals surface area (Å²) in [4.78, 5) is 14.8. The van der Waals surface area contributed by atoms with E-state index in [9.17, 15) is 4.79 Å². The summed E-state index contributed by atoms with van der Waals surface area (Å²) in [7, 11) is 0. The van der Waals surface area contributed by atoms with Crippen LogP contribution in [-0.2, 0) is 0 Å². The topological polar surface area (TPSA) is 41.6 Å². The first kappa shape index (κ1) is 18.3. The third-order valence-corrected chi connectivity index (χ3v) is 5.66. The highest BCUT2D eigenvalue weighted by Gasteiger charge is 2.21. The van der Waals surface area contributed by atoms with Crippen molar-refractivity contribution < 1.29 is 9.53 Å². The molecule has 1 saturated carbocycles. The second kappa shape index (κ2) is 8.75. The van der Waals surface area contributed by atoms with E-state index in [1.807, 2.05) is 30.3 Å². The normalized spacial score (nSPS) is 17.8. The van der Waals surface area contributed by atoms with Crippen LogP contribution in [0.5, 0.6) is 5.75 Å². The fourth-order valence-electron chi connectivity index (χ4n) is 3.78. The zero-order valence-electron chi connectivity index (χ0n) is 16.1. The number of carbonyl (C=O) groups is 1. The fraction of sp³-hybridized carbons (Fsp3) is 0.522.